The maximum absolute atomic E-state index is 13.7. The van der Waals surface area contributed by atoms with E-state index < -0.39 is 0 Å². The quantitative estimate of drug-likeness (QED) is 0.405. The number of fused-ring (bicyclic) bond motifs is 1. The number of amides is 1. The van der Waals surface area contributed by atoms with Crippen LogP contribution in [0, 0.1) is 6.92 Å². The van der Waals surface area contributed by atoms with Gasteiger partial charge in [-0.15, -0.1) is 0 Å². The van der Waals surface area contributed by atoms with Crippen molar-refractivity contribution in [3.63, 3.8) is 0 Å². The van der Waals surface area contributed by atoms with Gasteiger partial charge < -0.3 is 19.9 Å². The van der Waals surface area contributed by atoms with Crippen LogP contribution < -0.4 is 10.6 Å². The monoisotopic (exact) mass is 470 g/mol. The summed E-state index contributed by atoms with van der Waals surface area (Å²) in [7, 11) is 3.69. The highest BCUT2D eigenvalue weighted by molar-refractivity contribution is 6.10. The summed E-state index contributed by atoms with van der Waals surface area (Å²) in [6.45, 7) is 4.46. The molecule has 0 atom stereocenters. The lowest BCUT2D eigenvalue weighted by Gasteiger charge is -2.21. The van der Waals surface area contributed by atoms with E-state index >= 15 is 0 Å². The Balaban J connectivity index is 1.80. The summed E-state index contributed by atoms with van der Waals surface area (Å²) >= 11 is 0. The number of rotatable bonds is 7. The van der Waals surface area contributed by atoms with Crippen LogP contribution in [0.1, 0.15) is 34.2 Å². The molecule has 4 rings (SSSR count). The highest BCUT2D eigenvalue weighted by Crippen LogP contribution is 2.32. The van der Waals surface area contributed by atoms with E-state index in [1.54, 1.807) is 18.9 Å². The fraction of sp³-hybridized carbons (Fsp3) is 0.250. The zero-order valence-electron chi connectivity index (χ0n) is 20.5. The lowest BCUT2D eigenvalue weighted by Crippen LogP contribution is -2.27. The van der Waals surface area contributed by atoms with Gasteiger partial charge in [0.2, 0.25) is 0 Å². The minimum atomic E-state index is -0.326. The molecule has 0 radical (unpaired) electrons. The summed E-state index contributed by atoms with van der Waals surface area (Å²) in [4.78, 5) is 32.1. The first kappa shape index (κ1) is 24.2. The topological polar surface area (TPSA) is 90.4 Å². The number of aryl methyl sites for hydroxylation is 2. The molecule has 1 amide bonds. The third-order valence-corrected chi connectivity index (χ3v) is 6.21. The molecule has 0 aliphatic carbocycles. The van der Waals surface area contributed by atoms with E-state index in [0.717, 1.165) is 39.1 Å². The number of imidazole rings is 1. The van der Waals surface area contributed by atoms with Crippen LogP contribution in [-0.4, -0.2) is 35.1 Å². The number of hydrogen-bond acceptors (Lipinski definition) is 5. The van der Waals surface area contributed by atoms with Gasteiger partial charge >= 0.3 is 5.97 Å². The number of esters is 1. The summed E-state index contributed by atoms with van der Waals surface area (Å²) < 4.78 is 7.14. The number of para-hydroxylation sites is 1. The van der Waals surface area contributed by atoms with Crippen LogP contribution in [0.3, 0.4) is 0 Å². The normalized spacial score (nSPS) is 11.0. The zero-order valence-corrected chi connectivity index (χ0v) is 20.5. The minimum Gasteiger partial charge on any atom is -0.466 e. The number of hydrogen-bond donors (Lipinski definition) is 1. The lowest BCUT2D eigenvalue weighted by molar-refractivity contribution is -0.142. The SMILES string of the molecule is CCOC(=O)Cc1ccccc1N(C)C(=O)c1cc(-c2cccc(CN)c2)c2c(c1)nc(C)n2C. The van der Waals surface area contributed by atoms with E-state index in [1.165, 1.54) is 0 Å². The van der Waals surface area contributed by atoms with Crippen molar-refractivity contribution in [2.24, 2.45) is 12.8 Å². The smallest absolute Gasteiger partial charge is 0.310 e. The van der Waals surface area contributed by atoms with Crippen LogP contribution in [-0.2, 0) is 29.5 Å². The molecule has 35 heavy (non-hydrogen) atoms. The largest absolute Gasteiger partial charge is 0.466 e. The van der Waals surface area contributed by atoms with Crippen molar-refractivity contribution >= 4 is 28.6 Å². The third-order valence-electron chi connectivity index (χ3n) is 6.21. The Bertz CT molecular complexity index is 1410. The summed E-state index contributed by atoms with van der Waals surface area (Å²) in [5, 5.41) is 0. The molecule has 0 bridgehead atoms. The van der Waals surface area contributed by atoms with Gasteiger partial charge in [-0.05, 0) is 54.8 Å². The second kappa shape index (κ2) is 10.1. The number of ether oxygens (including phenoxy) is 1. The minimum absolute atomic E-state index is 0.0945. The average Bonchev–Trinajstić information content (AvgIpc) is 3.16. The van der Waals surface area contributed by atoms with Crippen molar-refractivity contribution in [1.29, 1.82) is 0 Å². The Morgan fingerprint density at radius 2 is 1.86 bits per heavy atom. The lowest BCUT2D eigenvalue weighted by atomic mass is 9.98. The first-order valence-corrected chi connectivity index (χ1v) is 11.6. The molecule has 1 heterocycles. The molecule has 0 unspecified atom stereocenters. The third kappa shape index (κ3) is 4.81. The maximum atomic E-state index is 13.7. The summed E-state index contributed by atoms with van der Waals surface area (Å²) in [5.74, 6) is 0.338. The molecule has 7 heteroatoms. The predicted molar refractivity (Wildman–Crippen MR) is 138 cm³/mol. The average molecular weight is 471 g/mol. The predicted octanol–water partition coefficient (Wildman–Crippen LogP) is 4.39. The Kier molecular flexibility index (Phi) is 6.98. The number of carbonyl (C=O) groups excluding carboxylic acids is 2. The number of carbonyl (C=O) groups is 2. The number of nitrogens with two attached hydrogens (primary N) is 1. The van der Waals surface area contributed by atoms with E-state index in [0.29, 0.717) is 24.4 Å². The molecule has 180 valence electrons. The number of nitrogens with zero attached hydrogens (tertiary/aromatic N) is 3. The van der Waals surface area contributed by atoms with Crippen molar-refractivity contribution in [3.05, 3.63) is 83.2 Å². The molecule has 4 aromatic rings. The molecule has 0 aliphatic heterocycles. The molecule has 3 aromatic carbocycles. The Morgan fingerprint density at radius 1 is 1.09 bits per heavy atom. The van der Waals surface area contributed by atoms with Gasteiger partial charge in [-0.2, -0.15) is 0 Å². The van der Waals surface area contributed by atoms with Crippen molar-refractivity contribution < 1.29 is 14.3 Å². The van der Waals surface area contributed by atoms with E-state index in [9.17, 15) is 9.59 Å². The molecule has 1 aromatic heterocycles. The van der Waals surface area contributed by atoms with Gasteiger partial charge in [0.05, 0.1) is 24.1 Å². The summed E-state index contributed by atoms with van der Waals surface area (Å²) in [6.07, 6.45) is 0.0945. The maximum Gasteiger partial charge on any atom is 0.310 e. The summed E-state index contributed by atoms with van der Waals surface area (Å²) in [6, 6.07) is 19.1. The van der Waals surface area contributed by atoms with Crippen molar-refractivity contribution in [2.75, 3.05) is 18.6 Å². The van der Waals surface area contributed by atoms with Gasteiger partial charge in [0.15, 0.2) is 0 Å². The molecule has 0 fully saturated rings. The standard InChI is InChI=1S/C28H30N4O3/c1-5-35-26(33)16-21-10-6-7-12-25(21)32(4)28(34)22-14-23(20-11-8-9-19(13-20)17-29)27-24(15-22)30-18(2)31(27)3/h6-15H,5,16-17,29H2,1-4H3. The number of anilines is 1. The molecule has 0 aliphatic rings. The number of aromatic nitrogens is 2. The van der Waals surface area contributed by atoms with Gasteiger partial charge in [0, 0.05) is 37.5 Å². The van der Waals surface area contributed by atoms with Crippen LogP contribution >= 0.6 is 0 Å². The molecular weight excluding hydrogens is 440 g/mol. The van der Waals surface area contributed by atoms with Gasteiger partial charge in [0.1, 0.15) is 5.82 Å². The van der Waals surface area contributed by atoms with Crippen LogP contribution in [0.15, 0.2) is 60.7 Å². The van der Waals surface area contributed by atoms with E-state index in [2.05, 4.69) is 0 Å². The van der Waals surface area contributed by atoms with Crippen LogP contribution in [0.2, 0.25) is 0 Å². The van der Waals surface area contributed by atoms with E-state index in [1.807, 2.05) is 79.2 Å². The van der Waals surface area contributed by atoms with E-state index in [4.69, 9.17) is 15.5 Å². The molecule has 2 N–H and O–H groups in total. The first-order valence-electron chi connectivity index (χ1n) is 11.6. The van der Waals surface area contributed by atoms with Crippen LogP contribution in [0.4, 0.5) is 5.69 Å². The van der Waals surface area contributed by atoms with Crippen molar-refractivity contribution in [2.45, 2.75) is 26.8 Å². The Morgan fingerprint density at radius 3 is 2.60 bits per heavy atom. The second-order valence-electron chi connectivity index (χ2n) is 8.49. The van der Waals surface area contributed by atoms with Gasteiger partial charge in [-0.1, -0.05) is 36.4 Å². The number of benzene rings is 3. The summed E-state index contributed by atoms with van der Waals surface area (Å²) in [5.41, 5.74) is 12.4. The first-order chi connectivity index (χ1) is 16.8. The Labute approximate surface area is 205 Å². The molecule has 7 nitrogen and oxygen atoms in total. The molecule has 0 saturated heterocycles. The van der Waals surface area contributed by atoms with Crippen molar-refractivity contribution in [1.82, 2.24) is 9.55 Å². The van der Waals surface area contributed by atoms with Crippen LogP contribution in [0.5, 0.6) is 0 Å². The van der Waals surface area contributed by atoms with Gasteiger partial charge in [-0.3, -0.25) is 9.59 Å². The molecular formula is C28H30N4O3. The van der Waals surface area contributed by atoms with Gasteiger partial charge in [0.25, 0.3) is 5.91 Å². The van der Waals surface area contributed by atoms with E-state index in [-0.39, 0.29) is 18.3 Å². The molecule has 0 saturated carbocycles. The zero-order chi connectivity index (χ0) is 25.1. The fourth-order valence-corrected chi connectivity index (χ4v) is 4.34. The van der Waals surface area contributed by atoms with Crippen molar-refractivity contribution in [3.8, 4) is 11.1 Å². The highest BCUT2D eigenvalue weighted by atomic mass is 16.5. The van der Waals surface area contributed by atoms with Gasteiger partial charge in [-0.25, -0.2) is 4.98 Å². The highest BCUT2D eigenvalue weighted by Gasteiger charge is 2.21. The van der Waals surface area contributed by atoms with Crippen LogP contribution in [0.25, 0.3) is 22.2 Å². The Hall–Kier alpha value is -3.97. The fourth-order valence-electron chi connectivity index (χ4n) is 4.34. The molecule has 0 spiro atoms. The second-order valence-corrected chi connectivity index (χ2v) is 8.49.